The van der Waals surface area contributed by atoms with Gasteiger partial charge < -0.3 is 9.73 Å². The first-order valence-electron chi connectivity index (χ1n) is 5.51. The SMILES string of the molecule is CC1CNCC1c1nc2cc(Br)ccc2o1. The zero-order valence-corrected chi connectivity index (χ0v) is 10.6. The van der Waals surface area contributed by atoms with Crippen molar-refractivity contribution in [2.75, 3.05) is 13.1 Å². The van der Waals surface area contributed by atoms with E-state index in [2.05, 4.69) is 33.2 Å². The molecule has 16 heavy (non-hydrogen) atoms. The average Bonchev–Trinajstić information content (AvgIpc) is 2.82. The standard InChI is InChI=1S/C12H13BrN2O/c1-7-5-14-6-9(7)12-15-10-4-8(13)2-3-11(10)16-12/h2-4,7,9,14H,5-6H2,1H3. The minimum absolute atomic E-state index is 0.408. The molecule has 0 bridgehead atoms. The molecule has 1 fully saturated rings. The molecule has 0 amide bonds. The number of nitrogens with zero attached hydrogens (tertiary/aromatic N) is 1. The molecule has 2 heterocycles. The lowest BCUT2D eigenvalue weighted by molar-refractivity contribution is 0.435. The molecule has 0 radical (unpaired) electrons. The van der Waals surface area contributed by atoms with Crippen molar-refractivity contribution >= 4 is 27.0 Å². The molecule has 1 aromatic carbocycles. The molecule has 2 atom stereocenters. The lowest BCUT2D eigenvalue weighted by atomic mass is 9.98. The van der Waals surface area contributed by atoms with E-state index in [1.54, 1.807) is 0 Å². The summed E-state index contributed by atoms with van der Waals surface area (Å²) in [6, 6.07) is 5.94. The van der Waals surface area contributed by atoms with Crippen molar-refractivity contribution < 1.29 is 4.42 Å². The molecule has 3 nitrogen and oxygen atoms in total. The van der Waals surface area contributed by atoms with E-state index >= 15 is 0 Å². The summed E-state index contributed by atoms with van der Waals surface area (Å²) in [5, 5.41) is 3.37. The van der Waals surface area contributed by atoms with Gasteiger partial charge in [-0.2, -0.15) is 0 Å². The summed E-state index contributed by atoms with van der Waals surface area (Å²) < 4.78 is 6.84. The van der Waals surface area contributed by atoms with Crippen LogP contribution in [0, 0.1) is 5.92 Å². The molecule has 2 unspecified atom stereocenters. The number of nitrogens with one attached hydrogen (secondary N) is 1. The Balaban J connectivity index is 2.04. The minimum Gasteiger partial charge on any atom is -0.440 e. The van der Waals surface area contributed by atoms with Crippen LogP contribution in [-0.4, -0.2) is 18.1 Å². The molecule has 3 rings (SSSR count). The average molecular weight is 281 g/mol. The number of rotatable bonds is 1. The molecular weight excluding hydrogens is 268 g/mol. The highest BCUT2D eigenvalue weighted by atomic mass is 79.9. The second kappa shape index (κ2) is 3.86. The third kappa shape index (κ3) is 1.66. The molecule has 1 aliphatic rings. The van der Waals surface area contributed by atoms with Crippen LogP contribution in [0.1, 0.15) is 18.7 Å². The molecular formula is C12H13BrN2O. The van der Waals surface area contributed by atoms with E-state index in [0.717, 1.165) is 34.6 Å². The summed E-state index contributed by atoms with van der Waals surface area (Å²) in [5.41, 5.74) is 1.81. The smallest absolute Gasteiger partial charge is 0.200 e. The number of halogens is 1. The van der Waals surface area contributed by atoms with Crippen LogP contribution in [0.25, 0.3) is 11.1 Å². The van der Waals surface area contributed by atoms with Crippen LogP contribution in [0.5, 0.6) is 0 Å². The number of hydrogen-bond acceptors (Lipinski definition) is 3. The maximum absolute atomic E-state index is 5.81. The van der Waals surface area contributed by atoms with Crippen molar-refractivity contribution in [2.45, 2.75) is 12.8 Å². The summed E-state index contributed by atoms with van der Waals surface area (Å²) in [5.74, 6) is 1.87. The van der Waals surface area contributed by atoms with E-state index < -0.39 is 0 Å². The maximum atomic E-state index is 5.81. The lowest BCUT2D eigenvalue weighted by Crippen LogP contribution is -2.08. The third-order valence-corrected chi connectivity index (χ3v) is 3.69. The van der Waals surface area contributed by atoms with Crippen molar-refractivity contribution in [1.29, 1.82) is 0 Å². The van der Waals surface area contributed by atoms with Gasteiger partial charge in [0.25, 0.3) is 0 Å². The van der Waals surface area contributed by atoms with E-state index in [9.17, 15) is 0 Å². The van der Waals surface area contributed by atoms with Crippen LogP contribution in [-0.2, 0) is 0 Å². The van der Waals surface area contributed by atoms with Gasteiger partial charge in [-0.25, -0.2) is 4.98 Å². The predicted octanol–water partition coefficient (Wildman–Crippen LogP) is 2.91. The van der Waals surface area contributed by atoms with Gasteiger partial charge in [0.05, 0.1) is 5.92 Å². The van der Waals surface area contributed by atoms with Gasteiger partial charge in [-0.1, -0.05) is 22.9 Å². The van der Waals surface area contributed by atoms with Crippen LogP contribution in [0.4, 0.5) is 0 Å². The molecule has 84 valence electrons. The van der Waals surface area contributed by atoms with Gasteiger partial charge in [0, 0.05) is 11.0 Å². The van der Waals surface area contributed by atoms with Crippen molar-refractivity contribution in [3.8, 4) is 0 Å². The molecule has 0 aliphatic carbocycles. The first-order chi connectivity index (χ1) is 7.74. The number of oxazole rings is 1. The summed E-state index contributed by atoms with van der Waals surface area (Å²) in [4.78, 5) is 4.57. The van der Waals surface area contributed by atoms with Crippen molar-refractivity contribution in [3.63, 3.8) is 0 Å². The van der Waals surface area contributed by atoms with E-state index in [1.165, 1.54) is 0 Å². The fourth-order valence-electron chi connectivity index (χ4n) is 2.22. The quantitative estimate of drug-likeness (QED) is 0.873. The van der Waals surface area contributed by atoms with Crippen LogP contribution < -0.4 is 5.32 Å². The Morgan fingerprint density at radius 3 is 3.06 bits per heavy atom. The Bertz CT molecular complexity index is 523. The summed E-state index contributed by atoms with van der Waals surface area (Å²) in [6.07, 6.45) is 0. The summed E-state index contributed by atoms with van der Waals surface area (Å²) in [7, 11) is 0. The fourth-order valence-corrected chi connectivity index (χ4v) is 2.57. The molecule has 2 aromatic rings. The number of benzene rings is 1. The lowest BCUT2D eigenvalue weighted by Gasteiger charge is -2.08. The minimum atomic E-state index is 0.408. The molecule has 0 saturated carbocycles. The second-order valence-electron chi connectivity index (χ2n) is 4.41. The van der Waals surface area contributed by atoms with Crippen LogP contribution in [0.2, 0.25) is 0 Å². The van der Waals surface area contributed by atoms with Crippen molar-refractivity contribution in [3.05, 3.63) is 28.6 Å². The van der Waals surface area contributed by atoms with Gasteiger partial charge in [0.1, 0.15) is 5.52 Å². The van der Waals surface area contributed by atoms with E-state index in [1.807, 2.05) is 18.2 Å². The monoisotopic (exact) mass is 280 g/mol. The van der Waals surface area contributed by atoms with Gasteiger partial charge in [0.15, 0.2) is 11.5 Å². The van der Waals surface area contributed by atoms with Crippen molar-refractivity contribution in [1.82, 2.24) is 10.3 Å². The van der Waals surface area contributed by atoms with E-state index in [-0.39, 0.29) is 0 Å². The van der Waals surface area contributed by atoms with Crippen molar-refractivity contribution in [2.24, 2.45) is 5.92 Å². The summed E-state index contributed by atoms with van der Waals surface area (Å²) in [6.45, 7) is 4.25. The second-order valence-corrected chi connectivity index (χ2v) is 5.32. The number of hydrogen-bond donors (Lipinski definition) is 1. The van der Waals surface area contributed by atoms with Gasteiger partial charge in [0.2, 0.25) is 0 Å². The fraction of sp³-hybridized carbons (Fsp3) is 0.417. The van der Waals surface area contributed by atoms with Crippen LogP contribution >= 0.6 is 15.9 Å². The molecule has 0 spiro atoms. The molecule has 1 saturated heterocycles. The van der Waals surface area contributed by atoms with Gasteiger partial charge in [-0.15, -0.1) is 0 Å². The third-order valence-electron chi connectivity index (χ3n) is 3.20. The summed E-state index contributed by atoms with van der Waals surface area (Å²) >= 11 is 3.44. The Kier molecular flexibility index (Phi) is 2.48. The predicted molar refractivity (Wildman–Crippen MR) is 66.5 cm³/mol. The van der Waals surface area contributed by atoms with Gasteiger partial charge in [-0.3, -0.25) is 0 Å². The van der Waals surface area contributed by atoms with Gasteiger partial charge >= 0.3 is 0 Å². The van der Waals surface area contributed by atoms with E-state index in [4.69, 9.17) is 4.42 Å². The first kappa shape index (κ1) is 10.3. The molecule has 4 heteroatoms. The molecule has 1 aliphatic heterocycles. The highest BCUT2D eigenvalue weighted by Gasteiger charge is 2.28. The maximum Gasteiger partial charge on any atom is 0.200 e. The van der Waals surface area contributed by atoms with Gasteiger partial charge in [-0.05, 0) is 30.7 Å². The highest BCUT2D eigenvalue weighted by Crippen LogP contribution is 2.30. The molecule has 1 aromatic heterocycles. The topological polar surface area (TPSA) is 38.1 Å². The number of aromatic nitrogens is 1. The van der Waals surface area contributed by atoms with E-state index in [0.29, 0.717) is 11.8 Å². The largest absolute Gasteiger partial charge is 0.440 e. The first-order valence-corrected chi connectivity index (χ1v) is 6.30. The molecule has 1 N–H and O–H groups in total. The van der Waals surface area contributed by atoms with Crippen LogP contribution in [0.3, 0.4) is 0 Å². The Morgan fingerprint density at radius 2 is 2.31 bits per heavy atom. The highest BCUT2D eigenvalue weighted by molar-refractivity contribution is 9.10. The zero-order chi connectivity index (χ0) is 11.1. The number of fused-ring (bicyclic) bond motifs is 1. The zero-order valence-electron chi connectivity index (χ0n) is 9.03. The van der Waals surface area contributed by atoms with Crippen LogP contribution in [0.15, 0.2) is 27.1 Å². The Hall–Kier alpha value is -0.870. The Labute approximate surface area is 102 Å². The Morgan fingerprint density at radius 1 is 1.44 bits per heavy atom. The normalized spacial score (nSPS) is 25.4.